The van der Waals surface area contributed by atoms with Gasteiger partial charge in [-0.2, -0.15) is 13.2 Å². The van der Waals surface area contributed by atoms with Gasteiger partial charge < -0.3 is 4.74 Å². The molecule has 2 rings (SSSR count). The second-order valence-electron chi connectivity index (χ2n) is 5.55. The van der Waals surface area contributed by atoms with Gasteiger partial charge >= 0.3 is 6.18 Å². The first-order valence-corrected chi connectivity index (χ1v) is 7.29. The average molecular weight is 300 g/mol. The number of alkyl halides is 3. The molecular formula is C16H19F3O2. The summed E-state index contributed by atoms with van der Waals surface area (Å²) in [6, 6.07) is 3.14. The molecule has 0 atom stereocenters. The van der Waals surface area contributed by atoms with Crippen molar-refractivity contribution < 1.29 is 22.7 Å². The molecule has 1 aromatic carbocycles. The topological polar surface area (TPSA) is 26.3 Å². The van der Waals surface area contributed by atoms with Gasteiger partial charge in [-0.1, -0.05) is 32.1 Å². The van der Waals surface area contributed by atoms with E-state index in [2.05, 4.69) is 0 Å². The number of hydrogen-bond acceptors (Lipinski definition) is 2. The van der Waals surface area contributed by atoms with Crippen LogP contribution in [0.4, 0.5) is 13.2 Å². The van der Waals surface area contributed by atoms with Gasteiger partial charge in [-0.15, -0.1) is 0 Å². The van der Waals surface area contributed by atoms with Crippen molar-refractivity contribution in [3.8, 4) is 5.75 Å². The van der Waals surface area contributed by atoms with E-state index in [1.807, 2.05) is 0 Å². The molecule has 0 bridgehead atoms. The molecule has 1 saturated carbocycles. The largest absolute Gasteiger partial charge is 0.494 e. The Morgan fingerprint density at radius 3 is 2.48 bits per heavy atom. The maximum Gasteiger partial charge on any atom is 0.416 e. The fraction of sp³-hybridized carbons (Fsp3) is 0.562. The van der Waals surface area contributed by atoms with E-state index in [4.69, 9.17) is 4.74 Å². The Labute approximate surface area is 122 Å². The molecule has 1 aromatic rings. The molecule has 0 amide bonds. The Morgan fingerprint density at radius 2 is 1.86 bits per heavy atom. The van der Waals surface area contributed by atoms with Crippen LogP contribution < -0.4 is 4.74 Å². The van der Waals surface area contributed by atoms with Crippen molar-refractivity contribution in [2.45, 2.75) is 44.7 Å². The highest BCUT2D eigenvalue weighted by Crippen LogP contribution is 2.33. The SMILES string of the molecule is O=Cc1cc(OCCC2CCCCC2)cc(C(F)(F)F)c1. The van der Waals surface area contributed by atoms with E-state index in [-0.39, 0.29) is 11.3 Å². The lowest BCUT2D eigenvalue weighted by Gasteiger charge is -2.21. The number of benzene rings is 1. The second kappa shape index (κ2) is 6.96. The van der Waals surface area contributed by atoms with Crippen molar-refractivity contribution >= 4 is 6.29 Å². The lowest BCUT2D eigenvalue weighted by molar-refractivity contribution is -0.137. The van der Waals surface area contributed by atoms with E-state index >= 15 is 0 Å². The second-order valence-corrected chi connectivity index (χ2v) is 5.55. The van der Waals surface area contributed by atoms with Crippen LogP contribution in [0, 0.1) is 5.92 Å². The quantitative estimate of drug-likeness (QED) is 0.725. The van der Waals surface area contributed by atoms with Crippen molar-refractivity contribution in [3.63, 3.8) is 0 Å². The predicted octanol–water partition coefficient (Wildman–Crippen LogP) is 4.87. The zero-order chi connectivity index (χ0) is 15.3. The van der Waals surface area contributed by atoms with Crippen LogP contribution in [-0.2, 0) is 6.18 Å². The van der Waals surface area contributed by atoms with E-state index in [0.29, 0.717) is 18.8 Å². The number of ether oxygens (including phenoxy) is 1. The Bertz CT molecular complexity index is 477. The summed E-state index contributed by atoms with van der Waals surface area (Å²) < 4.78 is 43.6. The summed E-state index contributed by atoms with van der Waals surface area (Å²) in [5.41, 5.74) is -0.864. The normalized spacial score (nSPS) is 16.7. The lowest BCUT2D eigenvalue weighted by atomic mass is 9.87. The number of rotatable bonds is 5. The van der Waals surface area contributed by atoms with E-state index in [0.717, 1.165) is 18.6 Å². The molecule has 0 radical (unpaired) electrons. The zero-order valence-corrected chi connectivity index (χ0v) is 11.8. The summed E-state index contributed by atoms with van der Waals surface area (Å²) in [5, 5.41) is 0. The van der Waals surface area contributed by atoms with Crippen molar-refractivity contribution in [2.75, 3.05) is 6.61 Å². The highest BCUT2D eigenvalue weighted by atomic mass is 19.4. The standard InChI is InChI=1S/C16H19F3O2/c17-16(18,19)14-8-13(11-20)9-15(10-14)21-7-6-12-4-2-1-3-5-12/h8-12H,1-7H2. The Morgan fingerprint density at radius 1 is 1.14 bits per heavy atom. The minimum Gasteiger partial charge on any atom is -0.494 e. The van der Waals surface area contributed by atoms with E-state index in [9.17, 15) is 18.0 Å². The van der Waals surface area contributed by atoms with Crippen LogP contribution in [0.2, 0.25) is 0 Å². The number of hydrogen-bond donors (Lipinski definition) is 0. The third kappa shape index (κ3) is 4.76. The van der Waals surface area contributed by atoms with Crippen molar-refractivity contribution in [2.24, 2.45) is 5.92 Å². The lowest BCUT2D eigenvalue weighted by Crippen LogP contribution is -2.11. The van der Waals surface area contributed by atoms with Crippen LogP contribution in [0.3, 0.4) is 0 Å². The summed E-state index contributed by atoms with van der Waals surface area (Å²) >= 11 is 0. The summed E-state index contributed by atoms with van der Waals surface area (Å²) in [6.45, 7) is 0.393. The molecule has 2 nitrogen and oxygen atoms in total. The van der Waals surface area contributed by atoms with Crippen LogP contribution in [0.1, 0.15) is 54.4 Å². The molecule has 21 heavy (non-hydrogen) atoms. The van der Waals surface area contributed by atoms with Crippen molar-refractivity contribution in [1.29, 1.82) is 0 Å². The molecule has 1 fully saturated rings. The molecule has 1 aliphatic carbocycles. The fourth-order valence-corrected chi connectivity index (χ4v) is 2.76. The van der Waals surface area contributed by atoms with Gasteiger partial charge in [-0.25, -0.2) is 0 Å². The molecular weight excluding hydrogens is 281 g/mol. The van der Waals surface area contributed by atoms with Gasteiger partial charge in [-0.05, 0) is 30.5 Å². The van der Waals surface area contributed by atoms with Crippen molar-refractivity contribution in [1.82, 2.24) is 0 Å². The number of halogens is 3. The van der Waals surface area contributed by atoms with Gasteiger partial charge in [-0.3, -0.25) is 4.79 Å². The van der Waals surface area contributed by atoms with Crippen molar-refractivity contribution in [3.05, 3.63) is 29.3 Å². The van der Waals surface area contributed by atoms with Crippen LogP contribution in [0.5, 0.6) is 5.75 Å². The minimum atomic E-state index is -4.47. The summed E-state index contributed by atoms with van der Waals surface area (Å²) in [6.07, 6.45) is 2.86. The van der Waals surface area contributed by atoms with Crippen LogP contribution in [0.15, 0.2) is 18.2 Å². The Hall–Kier alpha value is -1.52. The van der Waals surface area contributed by atoms with Gasteiger partial charge in [0.15, 0.2) is 0 Å². The molecule has 0 heterocycles. The number of carbonyl (C=O) groups excluding carboxylic acids is 1. The van der Waals surface area contributed by atoms with Gasteiger partial charge in [0.2, 0.25) is 0 Å². The third-order valence-electron chi connectivity index (χ3n) is 3.91. The summed E-state index contributed by atoms with van der Waals surface area (Å²) in [4.78, 5) is 10.7. The van der Waals surface area contributed by atoms with Crippen LogP contribution in [-0.4, -0.2) is 12.9 Å². The maximum absolute atomic E-state index is 12.7. The highest BCUT2D eigenvalue weighted by Gasteiger charge is 2.31. The minimum absolute atomic E-state index is 0.0162. The Balaban J connectivity index is 1.97. The average Bonchev–Trinajstić information content (AvgIpc) is 2.47. The molecule has 5 heteroatoms. The summed E-state index contributed by atoms with van der Waals surface area (Å²) in [5.74, 6) is 0.720. The van der Waals surface area contributed by atoms with Crippen LogP contribution in [0.25, 0.3) is 0 Å². The first-order valence-electron chi connectivity index (χ1n) is 7.29. The molecule has 0 N–H and O–H groups in total. The van der Waals surface area contributed by atoms with E-state index in [1.54, 1.807) is 0 Å². The monoisotopic (exact) mass is 300 g/mol. The van der Waals surface area contributed by atoms with Crippen LogP contribution >= 0.6 is 0 Å². The smallest absolute Gasteiger partial charge is 0.416 e. The van der Waals surface area contributed by atoms with E-state index < -0.39 is 11.7 Å². The Kier molecular flexibility index (Phi) is 5.26. The zero-order valence-electron chi connectivity index (χ0n) is 11.8. The summed E-state index contributed by atoms with van der Waals surface area (Å²) in [7, 11) is 0. The fourth-order valence-electron chi connectivity index (χ4n) is 2.76. The van der Waals surface area contributed by atoms with Gasteiger partial charge in [0, 0.05) is 5.56 Å². The molecule has 0 saturated heterocycles. The maximum atomic E-state index is 12.7. The number of carbonyl (C=O) groups is 1. The first kappa shape index (κ1) is 15.9. The molecule has 0 aliphatic heterocycles. The first-order chi connectivity index (χ1) is 9.99. The third-order valence-corrected chi connectivity index (χ3v) is 3.91. The van der Waals surface area contributed by atoms with E-state index in [1.165, 1.54) is 38.2 Å². The van der Waals surface area contributed by atoms with Gasteiger partial charge in [0.05, 0.1) is 12.2 Å². The molecule has 0 unspecified atom stereocenters. The molecule has 0 spiro atoms. The van der Waals surface area contributed by atoms with Gasteiger partial charge in [0.1, 0.15) is 12.0 Å². The molecule has 1 aliphatic rings. The predicted molar refractivity (Wildman–Crippen MR) is 73.5 cm³/mol. The highest BCUT2D eigenvalue weighted by molar-refractivity contribution is 5.76. The molecule has 0 aromatic heterocycles. The van der Waals surface area contributed by atoms with Gasteiger partial charge in [0.25, 0.3) is 0 Å². The number of aldehydes is 1. The molecule has 116 valence electrons.